The van der Waals surface area contributed by atoms with Crippen LogP contribution in [0.5, 0.6) is 5.75 Å². The van der Waals surface area contributed by atoms with Crippen molar-refractivity contribution in [2.75, 3.05) is 7.11 Å². The number of carboxylic acid groups (broad SMARTS) is 1. The molecule has 0 aliphatic rings. The van der Waals surface area contributed by atoms with Crippen molar-refractivity contribution in [3.63, 3.8) is 0 Å². The standard InChI is InChI=1S/C10H7IO3S/c1-14-7-4-8-5(2-6(7)11)3-9(15-8)10(12)13/h2-4H,1H3,(H,12,13). The van der Waals surface area contributed by atoms with Crippen molar-refractivity contribution in [3.8, 4) is 5.75 Å². The van der Waals surface area contributed by atoms with Gasteiger partial charge < -0.3 is 9.84 Å². The summed E-state index contributed by atoms with van der Waals surface area (Å²) in [6, 6.07) is 5.48. The Hall–Kier alpha value is -0.820. The van der Waals surface area contributed by atoms with Crippen LogP contribution in [0.25, 0.3) is 10.1 Å². The lowest BCUT2D eigenvalue weighted by Gasteiger charge is -2.01. The molecular weight excluding hydrogens is 327 g/mol. The minimum atomic E-state index is -0.884. The zero-order chi connectivity index (χ0) is 11.0. The molecule has 15 heavy (non-hydrogen) atoms. The number of rotatable bonds is 2. The number of hydrogen-bond donors (Lipinski definition) is 1. The molecule has 1 aromatic heterocycles. The largest absolute Gasteiger partial charge is 0.496 e. The second-order valence-electron chi connectivity index (χ2n) is 2.94. The van der Waals surface area contributed by atoms with E-state index in [1.807, 2.05) is 12.1 Å². The Morgan fingerprint density at radius 2 is 2.20 bits per heavy atom. The van der Waals surface area contributed by atoms with Crippen LogP contribution in [-0.4, -0.2) is 18.2 Å². The van der Waals surface area contributed by atoms with Crippen molar-refractivity contribution in [3.05, 3.63) is 26.6 Å². The van der Waals surface area contributed by atoms with Gasteiger partial charge in [0.15, 0.2) is 0 Å². The molecule has 78 valence electrons. The number of carbonyl (C=O) groups is 1. The minimum absolute atomic E-state index is 0.356. The van der Waals surface area contributed by atoms with Crippen molar-refractivity contribution in [1.29, 1.82) is 0 Å². The van der Waals surface area contributed by atoms with Gasteiger partial charge in [0.05, 0.1) is 10.7 Å². The van der Waals surface area contributed by atoms with Gasteiger partial charge in [0.2, 0.25) is 0 Å². The molecule has 0 atom stereocenters. The average Bonchev–Trinajstić information content (AvgIpc) is 2.59. The van der Waals surface area contributed by atoms with Gasteiger partial charge in [-0.1, -0.05) is 0 Å². The van der Waals surface area contributed by atoms with Gasteiger partial charge in [-0.05, 0) is 46.2 Å². The van der Waals surface area contributed by atoms with Crippen molar-refractivity contribution >= 4 is 50.0 Å². The third-order valence-corrected chi connectivity index (χ3v) is 3.93. The number of fused-ring (bicyclic) bond motifs is 1. The van der Waals surface area contributed by atoms with Crippen LogP contribution in [0.4, 0.5) is 0 Å². The van der Waals surface area contributed by atoms with Crippen LogP contribution >= 0.6 is 33.9 Å². The van der Waals surface area contributed by atoms with Gasteiger partial charge in [-0.15, -0.1) is 11.3 Å². The summed E-state index contributed by atoms with van der Waals surface area (Å²) >= 11 is 3.43. The van der Waals surface area contributed by atoms with Gasteiger partial charge in [-0.2, -0.15) is 0 Å². The van der Waals surface area contributed by atoms with E-state index in [9.17, 15) is 4.79 Å². The fraction of sp³-hybridized carbons (Fsp3) is 0.100. The van der Waals surface area contributed by atoms with Gasteiger partial charge in [0.1, 0.15) is 10.6 Å². The van der Waals surface area contributed by atoms with Crippen LogP contribution in [0.1, 0.15) is 9.67 Å². The predicted molar refractivity (Wildman–Crippen MR) is 68.1 cm³/mol. The summed E-state index contributed by atoms with van der Waals surface area (Å²) in [7, 11) is 1.61. The van der Waals surface area contributed by atoms with Crippen LogP contribution in [0.15, 0.2) is 18.2 Å². The zero-order valence-corrected chi connectivity index (χ0v) is 10.8. The lowest BCUT2D eigenvalue weighted by molar-refractivity contribution is 0.0702. The van der Waals surface area contributed by atoms with Gasteiger partial charge in [-0.3, -0.25) is 0 Å². The van der Waals surface area contributed by atoms with E-state index in [1.54, 1.807) is 13.2 Å². The van der Waals surface area contributed by atoms with E-state index in [1.165, 1.54) is 11.3 Å². The monoisotopic (exact) mass is 334 g/mol. The first kappa shape index (κ1) is 10.7. The summed E-state index contributed by atoms with van der Waals surface area (Å²) in [5.41, 5.74) is 0. The Bertz CT molecular complexity index is 533. The van der Waals surface area contributed by atoms with Gasteiger partial charge >= 0.3 is 5.97 Å². The molecule has 0 saturated carbocycles. The highest BCUT2D eigenvalue weighted by Crippen LogP contribution is 2.32. The van der Waals surface area contributed by atoms with E-state index in [0.29, 0.717) is 4.88 Å². The SMILES string of the molecule is COc1cc2sc(C(=O)O)cc2cc1I. The van der Waals surface area contributed by atoms with Gasteiger partial charge in [0, 0.05) is 4.70 Å². The molecule has 0 aliphatic carbocycles. The van der Waals surface area contributed by atoms with E-state index < -0.39 is 5.97 Å². The van der Waals surface area contributed by atoms with Crippen molar-refractivity contribution in [1.82, 2.24) is 0 Å². The molecule has 0 bridgehead atoms. The fourth-order valence-corrected chi connectivity index (χ4v) is 2.93. The van der Waals surface area contributed by atoms with E-state index in [4.69, 9.17) is 9.84 Å². The van der Waals surface area contributed by atoms with Crippen LogP contribution in [0.2, 0.25) is 0 Å². The van der Waals surface area contributed by atoms with Crippen LogP contribution in [0.3, 0.4) is 0 Å². The zero-order valence-electron chi connectivity index (χ0n) is 7.78. The number of methoxy groups -OCH3 is 1. The Balaban J connectivity index is 2.66. The second-order valence-corrected chi connectivity index (χ2v) is 5.19. The maximum absolute atomic E-state index is 10.8. The first-order chi connectivity index (χ1) is 7.11. The lowest BCUT2D eigenvalue weighted by Crippen LogP contribution is -1.89. The Labute approximate surface area is 104 Å². The molecular formula is C10H7IO3S. The highest BCUT2D eigenvalue weighted by Gasteiger charge is 2.10. The minimum Gasteiger partial charge on any atom is -0.496 e. The van der Waals surface area contributed by atoms with Crippen molar-refractivity contribution in [2.24, 2.45) is 0 Å². The summed E-state index contributed by atoms with van der Waals surface area (Å²) in [5, 5.41) is 9.81. The number of hydrogen-bond acceptors (Lipinski definition) is 3. The van der Waals surface area contributed by atoms with Crippen LogP contribution < -0.4 is 4.74 Å². The second kappa shape index (κ2) is 3.97. The summed E-state index contributed by atoms with van der Waals surface area (Å²) in [5.74, 6) is -0.105. The molecule has 2 rings (SSSR count). The van der Waals surface area contributed by atoms with Gasteiger partial charge in [-0.25, -0.2) is 4.79 Å². The molecule has 3 nitrogen and oxygen atoms in total. The quantitative estimate of drug-likeness (QED) is 0.858. The maximum Gasteiger partial charge on any atom is 0.345 e. The van der Waals surface area contributed by atoms with E-state index in [0.717, 1.165) is 19.4 Å². The van der Waals surface area contributed by atoms with E-state index in [2.05, 4.69) is 22.6 Å². The third kappa shape index (κ3) is 1.93. The predicted octanol–water partition coefficient (Wildman–Crippen LogP) is 3.21. The first-order valence-corrected chi connectivity index (χ1v) is 6.01. The third-order valence-electron chi connectivity index (χ3n) is 2.00. The summed E-state index contributed by atoms with van der Waals surface area (Å²) < 4.78 is 7.09. The van der Waals surface area contributed by atoms with Crippen LogP contribution in [-0.2, 0) is 0 Å². The molecule has 0 radical (unpaired) electrons. The number of carboxylic acids is 1. The molecule has 1 heterocycles. The van der Waals surface area contributed by atoms with E-state index in [-0.39, 0.29) is 0 Å². The first-order valence-electron chi connectivity index (χ1n) is 4.12. The summed E-state index contributed by atoms with van der Waals surface area (Å²) in [6.07, 6.45) is 0. The Kier molecular flexibility index (Phi) is 2.83. The number of thiophene rings is 1. The smallest absolute Gasteiger partial charge is 0.345 e. The highest BCUT2D eigenvalue weighted by molar-refractivity contribution is 14.1. The molecule has 0 fully saturated rings. The number of ether oxygens (including phenoxy) is 1. The Morgan fingerprint density at radius 1 is 1.47 bits per heavy atom. The van der Waals surface area contributed by atoms with Crippen molar-refractivity contribution in [2.45, 2.75) is 0 Å². The highest BCUT2D eigenvalue weighted by atomic mass is 127. The molecule has 1 N–H and O–H groups in total. The summed E-state index contributed by atoms with van der Waals surface area (Å²) in [6.45, 7) is 0. The maximum atomic E-state index is 10.8. The molecule has 0 spiro atoms. The van der Waals surface area contributed by atoms with E-state index >= 15 is 0 Å². The number of halogens is 1. The molecule has 5 heteroatoms. The average molecular weight is 334 g/mol. The summed E-state index contributed by atoms with van der Waals surface area (Å²) in [4.78, 5) is 11.1. The molecule has 0 unspecified atom stereocenters. The molecule has 2 aromatic rings. The molecule has 1 aromatic carbocycles. The lowest BCUT2D eigenvalue weighted by atomic mass is 10.2. The molecule has 0 saturated heterocycles. The normalized spacial score (nSPS) is 10.5. The number of benzene rings is 1. The molecule has 0 aliphatic heterocycles. The topological polar surface area (TPSA) is 46.5 Å². The van der Waals surface area contributed by atoms with Crippen molar-refractivity contribution < 1.29 is 14.6 Å². The molecule has 0 amide bonds. The van der Waals surface area contributed by atoms with Crippen LogP contribution in [0, 0.1) is 3.57 Å². The Morgan fingerprint density at radius 3 is 2.80 bits per heavy atom. The van der Waals surface area contributed by atoms with Gasteiger partial charge in [0.25, 0.3) is 0 Å². The fourth-order valence-electron chi connectivity index (χ4n) is 1.30. The number of aromatic carboxylic acids is 1.